The van der Waals surface area contributed by atoms with Crippen LogP contribution in [0.25, 0.3) is 0 Å². The van der Waals surface area contributed by atoms with E-state index >= 15 is 0 Å². The molecule has 1 rings (SSSR count). The number of unbranched alkanes of at least 4 members (excludes halogenated alkanes) is 2. The highest BCUT2D eigenvalue weighted by Gasteiger charge is 1.97. The summed E-state index contributed by atoms with van der Waals surface area (Å²) < 4.78 is 0. The standard InChI is InChI=1S/C12H15N3O2/c13-8-10-5-6-11(9-15-10)14-7-3-1-2-4-12(16)17/h5-6,9,14H,1-4,7H2,(H,16,17). The first-order valence-electron chi connectivity index (χ1n) is 5.54. The Morgan fingerprint density at radius 3 is 2.82 bits per heavy atom. The van der Waals surface area contributed by atoms with Gasteiger partial charge in [-0.25, -0.2) is 4.98 Å². The first-order valence-corrected chi connectivity index (χ1v) is 5.54. The molecule has 1 heterocycles. The van der Waals surface area contributed by atoms with Crippen molar-refractivity contribution in [3.63, 3.8) is 0 Å². The number of aliphatic carboxylic acids is 1. The molecule has 1 aromatic heterocycles. The maximum atomic E-state index is 10.3. The molecule has 0 spiro atoms. The molecule has 1 aromatic rings. The molecule has 5 heteroatoms. The third kappa shape index (κ3) is 5.52. The Kier molecular flexibility index (Phi) is 5.52. The molecular weight excluding hydrogens is 218 g/mol. The van der Waals surface area contributed by atoms with Crippen LogP contribution in [0.3, 0.4) is 0 Å². The summed E-state index contributed by atoms with van der Waals surface area (Å²) in [6.07, 6.45) is 4.38. The number of nitrogens with zero attached hydrogens (tertiary/aromatic N) is 2. The number of nitriles is 1. The summed E-state index contributed by atoms with van der Waals surface area (Å²) in [6, 6.07) is 5.42. The molecule has 0 fully saturated rings. The van der Waals surface area contributed by atoms with Crippen molar-refractivity contribution >= 4 is 11.7 Å². The molecule has 0 unspecified atom stereocenters. The first-order chi connectivity index (χ1) is 8.22. The van der Waals surface area contributed by atoms with Crippen LogP contribution in [0.1, 0.15) is 31.4 Å². The number of hydrogen-bond acceptors (Lipinski definition) is 4. The van der Waals surface area contributed by atoms with Crippen LogP contribution in [0.15, 0.2) is 18.3 Å². The van der Waals surface area contributed by atoms with E-state index in [4.69, 9.17) is 10.4 Å². The molecule has 0 amide bonds. The predicted octanol–water partition coefficient (Wildman–Crippen LogP) is 2.01. The zero-order valence-corrected chi connectivity index (χ0v) is 9.52. The van der Waals surface area contributed by atoms with Crippen LogP contribution >= 0.6 is 0 Å². The molecule has 5 nitrogen and oxygen atoms in total. The lowest BCUT2D eigenvalue weighted by molar-refractivity contribution is -0.137. The van der Waals surface area contributed by atoms with Gasteiger partial charge in [-0.05, 0) is 25.0 Å². The maximum Gasteiger partial charge on any atom is 0.303 e. The SMILES string of the molecule is N#Cc1ccc(NCCCCCC(=O)O)cn1. The van der Waals surface area contributed by atoms with E-state index in [0.29, 0.717) is 12.1 Å². The molecule has 0 saturated carbocycles. The Hall–Kier alpha value is -2.09. The van der Waals surface area contributed by atoms with Crippen molar-refractivity contribution in [1.29, 1.82) is 5.26 Å². The highest BCUT2D eigenvalue weighted by atomic mass is 16.4. The summed E-state index contributed by atoms with van der Waals surface area (Å²) in [4.78, 5) is 14.2. The van der Waals surface area contributed by atoms with E-state index in [0.717, 1.165) is 25.1 Å². The number of carbonyl (C=O) groups is 1. The van der Waals surface area contributed by atoms with E-state index in [1.54, 1.807) is 12.3 Å². The highest BCUT2D eigenvalue weighted by molar-refractivity contribution is 5.66. The topological polar surface area (TPSA) is 86.0 Å². The molecule has 2 N–H and O–H groups in total. The van der Waals surface area contributed by atoms with Gasteiger partial charge in [-0.2, -0.15) is 5.26 Å². The van der Waals surface area contributed by atoms with Crippen molar-refractivity contribution < 1.29 is 9.90 Å². The number of aromatic nitrogens is 1. The second kappa shape index (κ2) is 7.23. The Morgan fingerprint density at radius 1 is 1.41 bits per heavy atom. The fourth-order valence-electron chi connectivity index (χ4n) is 1.38. The largest absolute Gasteiger partial charge is 0.481 e. The molecule has 0 bridgehead atoms. The molecule has 0 radical (unpaired) electrons. The zero-order chi connectivity index (χ0) is 12.5. The quantitative estimate of drug-likeness (QED) is 0.703. The summed E-state index contributed by atoms with van der Waals surface area (Å²) in [5.41, 5.74) is 1.28. The predicted molar refractivity (Wildman–Crippen MR) is 63.5 cm³/mol. The van der Waals surface area contributed by atoms with Gasteiger partial charge >= 0.3 is 5.97 Å². The van der Waals surface area contributed by atoms with E-state index in [2.05, 4.69) is 10.3 Å². The molecule has 0 atom stereocenters. The van der Waals surface area contributed by atoms with E-state index in [9.17, 15) is 4.79 Å². The lowest BCUT2D eigenvalue weighted by Crippen LogP contribution is -2.02. The minimum Gasteiger partial charge on any atom is -0.481 e. The molecule has 0 saturated heterocycles. The number of carboxylic acids is 1. The number of carboxylic acid groups (broad SMARTS) is 1. The van der Waals surface area contributed by atoms with Crippen LogP contribution in [-0.2, 0) is 4.79 Å². The van der Waals surface area contributed by atoms with Crippen molar-refractivity contribution in [3.05, 3.63) is 24.0 Å². The van der Waals surface area contributed by atoms with Gasteiger partial charge in [0, 0.05) is 13.0 Å². The number of anilines is 1. The first kappa shape index (κ1) is 13.0. The van der Waals surface area contributed by atoms with Gasteiger partial charge in [0.15, 0.2) is 0 Å². The fourth-order valence-corrected chi connectivity index (χ4v) is 1.38. The Labute approximate surface area is 100 Å². The van der Waals surface area contributed by atoms with Crippen LogP contribution in [0.2, 0.25) is 0 Å². The Balaban J connectivity index is 2.14. The number of hydrogen-bond donors (Lipinski definition) is 2. The van der Waals surface area contributed by atoms with Gasteiger partial charge in [0.2, 0.25) is 0 Å². The maximum absolute atomic E-state index is 10.3. The van der Waals surface area contributed by atoms with Gasteiger partial charge in [-0.3, -0.25) is 4.79 Å². The van der Waals surface area contributed by atoms with Crippen molar-refractivity contribution in [2.75, 3.05) is 11.9 Å². The zero-order valence-electron chi connectivity index (χ0n) is 9.52. The molecular formula is C12H15N3O2. The smallest absolute Gasteiger partial charge is 0.303 e. The normalized spacial score (nSPS) is 9.59. The minimum atomic E-state index is -0.741. The molecule has 0 aliphatic heterocycles. The Bertz CT molecular complexity index is 395. The van der Waals surface area contributed by atoms with Gasteiger partial charge < -0.3 is 10.4 Å². The summed E-state index contributed by atoms with van der Waals surface area (Å²) in [5, 5.41) is 20.2. The van der Waals surface area contributed by atoms with Crippen molar-refractivity contribution in [3.8, 4) is 6.07 Å². The number of rotatable bonds is 7. The van der Waals surface area contributed by atoms with Crippen LogP contribution in [0.5, 0.6) is 0 Å². The molecule has 0 aliphatic rings. The van der Waals surface area contributed by atoms with Gasteiger partial charge in [-0.15, -0.1) is 0 Å². The molecule has 0 aliphatic carbocycles. The summed E-state index contributed by atoms with van der Waals surface area (Å²) >= 11 is 0. The molecule has 0 aromatic carbocycles. The van der Waals surface area contributed by atoms with E-state index in [1.807, 2.05) is 12.1 Å². The fraction of sp³-hybridized carbons (Fsp3) is 0.417. The average molecular weight is 233 g/mol. The average Bonchev–Trinajstić information content (AvgIpc) is 2.34. The van der Waals surface area contributed by atoms with E-state index < -0.39 is 5.97 Å². The second-order valence-corrected chi connectivity index (χ2v) is 3.68. The van der Waals surface area contributed by atoms with Crippen LogP contribution < -0.4 is 5.32 Å². The minimum absolute atomic E-state index is 0.235. The van der Waals surface area contributed by atoms with Crippen LogP contribution in [0, 0.1) is 11.3 Å². The molecule has 17 heavy (non-hydrogen) atoms. The third-order valence-electron chi connectivity index (χ3n) is 2.27. The van der Waals surface area contributed by atoms with E-state index in [1.165, 1.54) is 0 Å². The highest BCUT2D eigenvalue weighted by Crippen LogP contribution is 2.06. The third-order valence-corrected chi connectivity index (χ3v) is 2.27. The summed E-state index contributed by atoms with van der Waals surface area (Å²) in [6.45, 7) is 0.785. The van der Waals surface area contributed by atoms with Gasteiger partial charge in [0.25, 0.3) is 0 Å². The van der Waals surface area contributed by atoms with Crippen LogP contribution in [0.4, 0.5) is 5.69 Å². The second-order valence-electron chi connectivity index (χ2n) is 3.68. The number of pyridine rings is 1. The van der Waals surface area contributed by atoms with Crippen LogP contribution in [-0.4, -0.2) is 22.6 Å². The number of nitrogens with one attached hydrogen (secondary N) is 1. The summed E-state index contributed by atoms with van der Waals surface area (Å²) in [7, 11) is 0. The van der Waals surface area contributed by atoms with Gasteiger partial charge in [0.1, 0.15) is 11.8 Å². The lowest BCUT2D eigenvalue weighted by Gasteiger charge is -2.05. The van der Waals surface area contributed by atoms with Crippen molar-refractivity contribution in [2.45, 2.75) is 25.7 Å². The summed E-state index contributed by atoms with van der Waals surface area (Å²) in [5.74, 6) is -0.741. The lowest BCUT2D eigenvalue weighted by atomic mass is 10.2. The van der Waals surface area contributed by atoms with E-state index in [-0.39, 0.29) is 6.42 Å². The Morgan fingerprint density at radius 2 is 2.24 bits per heavy atom. The van der Waals surface area contributed by atoms with Gasteiger partial charge in [-0.1, -0.05) is 6.42 Å². The molecule has 90 valence electrons. The monoisotopic (exact) mass is 233 g/mol. The van der Waals surface area contributed by atoms with Crippen molar-refractivity contribution in [1.82, 2.24) is 4.98 Å². The van der Waals surface area contributed by atoms with Gasteiger partial charge in [0.05, 0.1) is 11.9 Å². The van der Waals surface area contributed by atoms with Crippen molar-refractivity contribution in [2.24, 2.45) is 0 Å².